The van der Waals surface area contributed by atoms with E-state index in [2.05, 4.69) is 5.32 Å². The van der Waals surface area contributed by atoms with Crippen LogP contribution in [0.15, 0.2) is 17.5 Å². The number of hydrogen-bond donors (Lipinski definition) is 1. The van der Waals surface area contributed by atoms with Crippen LogP contribution in [0.5, 0.6) is 0 Å². The molecule has 0 aliphatic heterocycles. The Hall–Kier alpha value is -1.36. The molecule has 1 aromatic rings. The van der Waals surface area contributed by atoms with Crippen LogP contribution >= 0.6 is 11.3 Å². The lowest BCUT2D eigenvalue weighted by Gasteiger charge is -2.19. The summed E-state index contributed by atoms with van der Waals surface area (Å²) in [6.07, 6.45) is 0.380. The Morgan fingerprint density at radius 1 is 1.41 bits per heavy atom. The molecular weight excluding hydrogens is 236 g/mol. The molecule has 0 bridgehead atoms. The van der Waals surface area contributed by atoms with Crippen LogP contribution in [0.25, 0.3) is 0 Å². The van der Waals surface area contributed by atoms with Crippen LogP contribution in [0.2, 0.25) is 0 Å². The summed E-state index contributed by atoms with van der Waals surface area (Å²) in [7, 11) is 0. The fraction of sp³-hybridized carbons (Fsp3) is 0.500. The number of carbonyl (C=O) groups excluding carboxylic acids is 2. The van der Waals surface area contributed by atoms with Gasteiger partial charge in [-0.2, -0.15) is 0 Å². The van der Waals surface area contributed by atoms with E-state index in [0.717, 1.165) is 4.88 Å². The molecule has 4 nitrogen and oxygen atoms in total. The molecule has 1 rings (SSSR count). The SMILES string of the molecule is CCNC(=O)CN(CC)C(=O)Cc1cccs1. The maximum Gasteiger partial charge on any atom is 0.239 e. The van der Waals surface area contributed by atoms with Crippen molar-refractivity contribution in [3.8, 4) is 0 Å². The Labute approximate surface area is 106 Å². The Morgan fingerprint density at radius 2 is 2.18 bits per heavy atom. The first-order valence-corrected chi connectivity index (χ1v) is 6.62. The van der Waals surface area contributed by atoms with Crippen molar-refractivity contribution >= 4 is 23.2 Å². The van der Waals surface area contributed by atoms with E-state index in [9.17, 15) is 9.59 Å². The molecule has 1 N–H and O–H groups in total. The van der Waals surface area contributed by atoms with Gasteiger partial charge in [0.25, 0.3) is 0 Å². The first-order chi connectivity index (χ1) is 8.17. The molecule has 5 heteroatoms. The van der Waals surface area contributed by atoms with E-state index in [0.29, 0.717) is 19.5 Å². The molecule has 0 aromatic carbocycles. The zero-order valence-corrected chi connectivity index (χ0v) is 11.0. The molecule has 94 valence electrons. The fourth-order valence-corrected chi connectivity index (χ4v) is 2.17. The predicted molar refractivity (Wildman–Crippen MR) is 69.0 cm³/mol. The quantitative estimate of drug-likeness (QED) is 0.831. The summed E-state index contributed by atoms with van der Waals surface area (Å²) in [5.41, 5.74) is 0. The summed E-state index contributed by atoms with van der Waals surface area (Å²) in [5.74, 6) is -0.102. The van der Waals surface area contributed by atoms with E-state index >= 15 is 0 Å². The summed E-state index contributed by atoms with van der Waals surface area (Å²) in [5, 5.41) is 4.64. The molecule has 0 saturated heterocycles. The van der Waals surface area contributed by atoms with E-state index in [-0.39, 0.29) is 18.4 Å². The van der Waals surface area contributed by atoms with Gasteiger partial charge >= 0.3 is 0 Å². The van der Waals surface area contributed by atoms with Crippen molar-refractivity contribution in [1.29, 1.82) is 0 Å². The third-order valence-corrected chi connectivity index (χ3v) is 3.22. The van der Waals surface area contributed by atoms with Crippen LogP contribution in [0.4, 0.5) is 0 Å². The smallest absolute Gasteiger partial charge is 0.239 e. The Morgan fingerprint density at radius 3 is 2.71 bits per heavy atom. The second kappa shape index (κ2) is 7.06. The third kappa shape index (κ3) is 4.56. The summed E-state index contributed by atoms with van der Waals surface area (Å²) in [6, 6.07) is 3.86. The van der Waals surface area contributed by atoms with Gasteiger partial charge in [-0.25, -0.2) is 0 Å². The molecule has 17 heavy (non-hydrogen) atoms. The third-order valence-electron chi connectivity index (χ3n) is 2.35. The van der Waals surface area contributed by atoms with Crippen molar-refractivity contribution in [2.24, 2.45) is 0 Å². The van der Waals surface area contributed by atoms with Gasteiger partial charge in [-0.1, -0.05) is 6.07 Å². The number of likely N-dealkylation sites (N-methyl/N-ethyl adjacent to an activating group) is 2. The lowest BCUT2D eigenvalue weighted by Crippen LogP contribution is -2.41. The normalized spacial score (nSPS) is 10.0. The zero-order valence-electron chi connectivity index (χ0n) is 10.2. The van der Waals surface area contributed by atoms with Crippen LogP contribution in [0.1, 0.15) is 18.7 Å². The monoisotopic (exact) mass is 254 g/mol. The van der Waals surface area contributed by atoms with Gasteiger partial charge in [-0.3, -0.25) is 9.59 Å². The molecule has 0 aliphatic carbocycles. The minimum absolute atomic E-state index is 0.00111. The fourth-order valence-electron chi connectivity index (χ4n) is 1.48. The standard InChI is InChI=1S/C12H18N2O2S/c1-3-13-11(15)9-14(4-2)12(16)8-10-6-5-7-17-10/h5-7H,3-4,8-9H2,1-2H3,(H,13,15). The first kappa shape index (κ1) is 13.7. The Balaban J connectivity index is 2.49. The largest absolute Gasteiger partial charge is 0.355 e. The number of rotatable bonds is 6. The average Bonchev–Trinajstić information content (AvgIpc) is 2.78. The molecule has 0 aliphatic rings. The topological polar surface area (TPSA) is 49.4 Å². The van der Waals surface area contributed by atoms with Gasteiger partial charge in [0.05, 0.1) is 13.0 Å². The maximum atomic E-state index is 11.9. The van der Waals surface area contributed by atoms with Crippen molar-refractivity contribution in [1.82, 2.24) is 10.2 Å². The molecule has 2 amide bonds. The second-order valence-corrected chi connectivity index (χ2v) is 4.65. The number of carbonyl (C=O) groups is 2. The molecule has 0 spiro atoms. The summed E-state index contributed by atoms with van der Waals surface area (Å²) in [4.78, 5) is 26.0. The van der Waals surface area contributed by atoms with Gasteiger partial charge in [0.15, 0.2) is 0 Å². The van der Waals surface area contributed by atoms with Crippen LogP contribution < -0.4 is 5.32 Å². The van der Waals surface area contributed by atoms with Crippen LogP contribution in [0, 0.1) is 0 Å². The van der Waals surface area contributed by atoms with Crippen molar-refractivity contribution in [3.63, 3.8) is 0 Å². The summed E-state index contributed by atoms with van der Waals surface area (Å²) in [6.45, 7) is 5.04. The number of hydrogen-bond acceptors (Lipinski definition) is 3. The number of nitrogens with zero attached hydrogens (tertiary/aromatic N) is 1. The highest BCUT2D eigenvalue weighted by molar-refractivity contribution is 7.10. The molecule has 0 radical (unpaired) electrons. The minimum Gasteiger partial charge on any atom is -0.355 e. The number of thiophene rings is 1. The van der Waals surface area contributed by atoms with Gasteiger partial charge in [0, 0.05) is 18.0 Å². The molecule has 0 atom stereocenters. The molecule has 0 fully saturated rings. The Kier molecular flexibility index (Phi) is 5.69. The van der Waals surface area contributed by atoms with Crippen molar-refractivity contribution in [3.05, 3.63) is 22.4 Å². The van der Waals surface area contributed by atoms with Gasteiger partial charge in [-0.05, 0) is 25.3 Å². The van der Waals surface area contributed by atoms with Crippen LogP contribution in [-0.4, -0.2) is 36.3 Å². The van der Waals surface area contributed by atoms with Gasteiger partial charge in [-0.15, -0.1) is 11.3 Å². The molecule has 0 unspecified atom stereocenters. The summed E-state index contributed by atoms with van der Waals surface area (Å²) < 4.78 is 0. The van der Waals surface area contributed by atoms with E-state index in [4.69, 9.17) is 0 Å². The van der Waals surface area contributed by atoms with E-state index in [1.165, 1.54) is 0 Å². The highest BCUT2D eigenvalue weighted by Crippen LogP contribution is 2.10. The highest BCUT2D eigenvalue weighted by atomic mass is 32.1. The van der Waals surface area contributed by atoms with Gasteiger partial charge in [0.2, 0.25) is 11.8 Å². The molecule has 1 aromatic heterocycles. The molecular formula is C12H18N2O2S. The van der Waals surface area contributed by atoms with Crippen LogP contribution in [0.3, 0.4) is 0 Å². The first-order valence-electron chi connectivity index (χ1n) is 5.74. The van der Waals surface area contributed by atoms with E-state index < -0.39 is 0 Å². The number of amides is 2. The number of nitrogens with one attached hydrogen (secondary N) is 1. The molecule has 0 saturated carbocycles. The summed E-state index contributed by atoms with van der Waals surface area (Å²) >= 11 is 1.56. The lowest BCUT2D eigenvalue weighted by atomic mass is 10.3. The van der Waals surface area contributed by atoms with Gasteiger partial charge in [0.1, 0.15) is 0 Å². The predicted octanol–water partition coefficient (Wildman–Crippen LogP) is 1.28. The van der Waals surface area contributed by atoms with E-state index in [1.807, 2.05) is 31.4 Å². The van der Waals surface area contributed by atoms with Crippen molar-refractivity contribution in [2.75, 3.05) is 19.6 Å². The highest BCUT2D eigenvalue weighted by Gasteiger charge is 2.15. The second-order valence-electron chi connectivity index (χ2n) is 3.62. The van der Waals surface area contributed by atoms with Crippen molar-refractivity contribution < 1.29 is 9.59 Å². The minimum atomic E-state index is -0.103. The average molecular weight is 254 g/mol. The van der Waals surface area contributed by atoms with Crippen molar-refractivity contribution in [2.45, 2.75) is 20.3 Å². The lowest BCUT2D eigenvalue weighted by molar-refractivity contribution is -0.135. The maximum absolute atomic E-state index is 11.9. The van der Waals surface area contributed by atoms with Crippen LogP contribution in [-0.2, 0) is 16.0 Å². The van der Waals surface area contributed by atoms with E-state index in [1.54, 1.807) is 16.2 Å². The molecule has 1 heterocycles. The zero-order chi connectivity index (χ0) is 12.7. The Bertz CT molecular complexity index is 363. The van der Waals surface area contributed by atoms with Gasteiger partial charge < -0.3 is 10.2 Å².